The number of carbonyl (C=O) groups excluding carboxylic acids is 1. The van der Waals surface area contributed by atoms with E-state index < -0.39 is 11.8 Å². The minimum Gasteiger partial charge on any atom is -0.385 e. The van der Waals surface area contributed by atoms with Gasteiger partial charge in [0, 0.05) is 30.3 Å². The molecule has 0 spiro atoms. The molecule has 0 bridgehead atoms. The molecule has 0 aliphatic carbocycles. The summed E-state index contributed by atoms with van der Waals surface area (Å²) >= 11 is 0. The van der Waals surface area contributed by atoms with Gasteiger partial charge in [0.2, 0.25) is 5.91 Å². The number of hydrogen-bond acceptors (Lipinski definition) is 2. The number of anilines is 1. The number of alkyl halides is 2. The van der Waals surface area contributed by atoms with E-state index >= 15 is 0 Å². The monoisotopic (exact) mass is 270 g/mol. The average molecular weight is 270 g/mol. The van der Waals surface area contributed by atoms with Crippen LogP contribution in [0.4, 0.5) is 14.5 Å². The fraction of sp³-hybridized carbons (Fsp3) is 0.500. The van der Waals surface area contributed by atoms with Gasteiger partial charge >= 0.3 is 0 Å². The lowest BCUT2D eigenvalue weighted by atomic mass is 9.98. The zero-order valence-corrected chi connectivity index (χ0v) is 11.5. The molecule has 19 heavy (non-hydrogen) atoms. The zero-order chi connectivity index (χ0) is 14.6. The predicted octanol–water partition coefficient (Wildman–Crippen LogP) is 3.42. The third kappa shape index (κ3) is 3.91. The molecule has 1 aromatic rings. The number of hydrogen-bond donors (Lipinski definition) is 2. The fourth-order valence-corrected chi connectivity index (χ4v) is 1.90. The lowest BCUT2D eigenvalue weighted by molar-refractivity contribution is 0.0168. The predicted molar refractivity (Wildman–Crippen MR) is 72.7 cm³/mol. The highest BCUT2D eigenvalue weighted by Crippen LogP contribution is 2.34. The highest BCUT2D eigenvalue weighted by atomic mass is 19.3. The van der Waals surface area contributed by atoms with Crippen molar-refractivity contribution in [2.24, 2.45) is 5.73 Å². The van der Waals surface area contributed by atoms with Crippen LogP contribution in [-0.2, 0) is 5.92 Å². The summed E-state index contributed by atoms with van der Waals surface area (Å²) in [6, 6.07) is 2.70. The standard InChI is InChI=1S/C14H20F2N2O/c1-4-5-6-18-12-8-10(13(17)19)7-11(9(12)2)14(3,15)16/h7-8,18H,4-6H2,1-3H3,(H2,17,19). The molecule has 0 aliphatic rings. The molecule has 0 saturated carbocycles. The third-order valence-electron chi connectivity index (χ3n) is 3.01. The van der Waals surface area contributed by atoms with Gasteiger partial charge in [0.25, 0.3) is 5.92 Å². The molecule has 106 valence electrons. The first-order valence-electron chi connectivity index (χ1n) is 6.34. The molecule has 3 N–H and O–H groups in total. The van der Waals surface area contributed by atoms with Crippen LogP contribution >= 0.6 is 0 Å². The van der Waals surface area contributed by atoms with Crippen LogP contribution < -0.4 is 11.1 Å². The van der Waals surface area contributed by atoms with Crippen molar-refractivity contribution in [1.82, 2.24) is 0 Å². The van der Waals surface area contributed by atoms with Gasteiger partial charge < -0.3 is 11.1 Å². The van der Waals surface area contributed by atoms with Crippen molar-refractivity contribution >= 4 is 11.6 Å². The van der Waals surface area contributed by atoms with Crippen LogP contribution in [0.3, 0.4) is 0 Å². The number of carbonyl (C=O) groups is 1. The van der Waals surface area contributed by atoms with Gasteiger partial charge in [-0.1, -0.05) is 13.3 Å². The minimum absolute atomic E-state index is 0.0983. The molecule has 5 heteroatoms. The second kappa shape index (κ2) is 5.99. The van der Waals surface area contributed by atoms with E-state index in [-0.39, 0.29) is 11.1 Å². The van der Waals surface area contributed by atoms with Crippen molar-refractivity contribution in [3.05, 3.63) is 28.8 Å². The van der Waals surface area contributed by atoms with E-state index in [1.165, 1.54) is 12.1 Å². The van der Waals surface area contributed by atoms with E-state index in [1.54, 1.807) is 6.92 Å². The average Bonchev–Trinajstić information content (AvgIpc) is 2.29. The smallest absolute Gasteiger partial charge is 0.270 e. The minimum atomic E-state index is -3.00. The normalized spacial score (nSPS) is 11.4. The summed E-state index contributed by atoms with van der Waals surface area (Å²) in [7, 11) is 0. The van der Waals surface area contributed by atoms with E-state index in [2.05, 4.69) is 5.32 Å². The summed E-state index contributed by atoms with van der Waals surface area (Å²) in [6.45, 7) is 5.15. The molecule has 1 aromatic carbocycles. The van der Waals surface area contributed by atoms with Crippen LogP contribution in [0.5, 0.6) is 0 Å². The molecule has 0 aliphatic heterocycles. The molecular formula is C14H20F2N2O. The largest absolute Gasteiger partial charge is 0.385 e. The Hall–Kier alpha value is -1.65. The summed E-state index contributed by atoms with van der Waals surface area (Å²) < 4.78 is 27.1. The SMILES string of the molecule is CCCCNc1cc(C(N)=O)cc(C(C)(F)F)c1C. The first-order chi connectivity index (χ1) is 8.77. The van der Waals surface area contributed by atoms with Gasteiger partial charge in [-0.3, -0.25) is 4.79 Å². The van der Waals surface area contributed by atoms with E-state index in [4.69, 9.17) is 5.73 Å². The number of nitrogens with two attached hydrogens (primary N) is 1. The van der Waals surface area contributed by atoms with Crippen molar-refractivity contribution in [3.63, 3.8) is 0 Å². The fourth-order valence-electron chi connectivity index (χ4n) is 1.90. The maximum Gasteiger partial charge on any atom is 0.270 e. The van der Waals surface area contributed by atoms with Crippen molar-refractivity contribution in [2.75, 3.05) is 11.9 Å². The quantitative estimate of drug-likeness (QED) is 0.778. The van der Waals surface area contributed by atoms with Gasteiger partial charge in [0.05, 0.1) is 0 Å². The van der Waals surface area contributed by atoms with Crippen LogP contribution in [-0.4, -0.2) is 12.5 Å². The Morgan fingerprint density at radius 3 is 2.53 bits per heavy atom. The number of unbranched alkanes of at least 4 members (excludes halogenated alkanes) is 1. The van der Waals surface area contributed by atoms with Crippen LogP contribution in [0.2, 0.25) is 0 Å². The van der Waals surface area contributed by atoms with Gasteiger partial charge in [-0.15, -0.1) is 0 Å². The summed E-state index contributed by atoms with van der Waals surface area (Å²) in [5, 5.41) is 3.08. The lowest BCUT2D eigenvalue weighted by Gasteiger charge is -2.19. The molecule has 0 atom stereocenters. The van der Waals surface area contributed by atoms with Crippen molar-refractivity contribution in [1.29, 1.82) is 0 Å². The van der Waals surface area contributed by atoms with E-state index in [9.17, 15) is 13.6 Å². The molecule has 0 aromatic heterocycles. The zero-order valence-electron chi connectivity index (χ0n) is 11.5. The first kappa shape index (κ1) is 15.4. The third-order valence-corrected chi connectivity index (χ3v) is 3.01. The molecule has 0 radical (unpaired) electrons. The molecule has 0 fully saturated rings. The number of halogens is 2. The summed E-state index contributed by atoms with van der Waals surface area (Å²) in [5.74, 6) is -3.71. The molecule has 0 saturated heterocycles. The van der Waals surface area contributed by atoms with Crippen molar-refractivity contribution < 1.29 is 13.6 Å². The Balaban J connectivity index is 3.21. The highest BCUT2D eigenvalue weighted by Gasteiger charge is 2.28. The molecule has 0 unspecified atom stereocenters. The second-order valence-corrected chi connectivity index (χ2v) is 4.73. The van der Waals surface area contributed by atoms with E-state index in [0.29, 0.717) is 17.8 Å². The summed E-state index contributed by atoms with van der Waals surface area (Å²) in [4.78, 5) is 11.2. The van der Waals surface area contributed by atoms with Gasteiger partial charge in [0.15, 0.2) is 0 Å². The van der Waals surface area contributed by atoms with Crippen LogP contribution in [0, 0.1) is 6.92 Å². The Labute approximate surface area is 112 Å². The van der Waals surface area contributed by atoms with Crippen LogP contribution in [0.1, 0.15) is 48.2 Å². The van der Waals surface area contributed by atoms with E-state index in [1.807, 2.05) is 6.92 Å². The number of amides is 1. The molecule has 1 rings (SSSR count). The summed E-state index contributed by atoms with van der Waals surface area (Å²) in [5.41, 5.74) is 6.12. The first-order valence-corrected chi connectivity index (χ1v) is 6.34. The van der Waals surface area contributed by atoms with Crippen molar-refractivity contribution in [3.8, 4) is 0 Å². The Morgan fingerprint density at radius 1 is 1.42 bits per heavy atom. The van der Waals surface area contributed by atoms with Crippen LogP contribution in [0.15, 0.2) is 12.1 Å². The maximum absolute atomic E-state index is 13.5. The Morgan fingerprint density at radius 2 is 2.05 bits per heavy atom. The van der Waals surface area contributed by atoms with Gasteiger partial charge in [-0.25, -0.2) is 8.78 Å². The number of primary amides is 1. The van der Waals surface area contributed by atoms with Gasteiger partial charge in [0.1, 0.15) is 0 Å². The molecule has 3 nitrogen and oxygen atoms in total. The van der Waals surface area contributed by atoms with Gasteiger partial charge in [-0.2, -0.15) is 0 Å². The van der Waals surface area contributed by atoms with E-state index in [0.717, 1.165) is 19.8 Å². The molecule has 0 heterocycles. The lowest BCUT2D eigenvalue weighted by Crippen LogP contribution is -2.17. The number of benzene rings is 1. The highest BCUT2D eigenvalue weighted by molar-refractivity contribution is 5.94. The second-order valence-electron chi connectivity index (χ2n) is 4.73. The molecule has 1 amide bonds. The van der Waals surface area contributed by atoms with Crippen LogP contribution in [0.25, 0.3) is 0 Å². The summed E-state index contributed by atoms with van der Waals surface area (Å²) in [6.07, 6.45) is 1.93. The Kier molecular flexibility index (Phi) is 4.86. The van der Waals surface area contributed by atoms with Gasteiger partial charge in [-0.05, 0) is 31.0 Å². The van der Waals surface area contributed by atoms with Crippen molar-refractivity contribution in [2.45, 2.75) is 39.5 Å². The molecular weight excluding hydrogens is 250 g/mol. The Bertz CT molecular complexity index is 467. The number of rotatable bonds is 6. The number of nitrogens with one attached hydrogen (secondary N) is 1. The topological polar surface area (TPSA) is 55.1 Å². The maximum atomic E-state index is 13.5.